The van der Waals surface area contributed by atoms with Gasteiger partial charge in [0.15, 0.2) is 5.71 Å². The molecule has 0 saturated heterocycles. The van der Waals surface area contributed by atoms with E-state index < -0.39 is 0 Å². The molecule has 0 atom stereocenters. The number of aromatic nitrogens is 2. The van der Waals surface area contributed by atoms with Crippen molar-refractivity contribution >= 4 is 5.71 Å². The third-order valence-electron chi connectivity index (χ3n) is 4.94. The summed E-state index contributed by atoms with van der Waals surface area (Å²) >= 11 is 0. The third-order valence-corrected chi connectivity index (χ3v) is 4.94. The van der Waals surface area contributed by atoms with Gasteiger partial charge in [0.1, 0.15) is 17.3 Å². The molecule has 1 aliphatic carbocycles. The lowest BCUT2D eigenvalue weighted by molar-refractivity contribution is 0.627. The van der Waals surface area contributed by atoms with Crippen molar-refractivity contribution < 1.29 is 8.78 Å². The van der Waals surface area contributed by atoms with E-state index in [1.807, 2.05) is 24.3 Å². The van der Waals surface area contributed by atoms with Crippen molar-refractivity contribution in [1.82, 2.24) is 9.97 Å². The molecule has 1 aliphatic rings. The van der Waals surface area contributed by atoms with Crippen molar-refractivity contribution in [3.8, 4) is 33.8 Å². The Balaban J connectivity index is 1.83. The van der Waals surface area contributed by atoms with Gasteiger partial charge in [0, 0.05) is 22.3 Å². The fourth-order valence-electron chi connectivity index (χ4n) is 3.58. The van der Waals surface area contributed by atoms with Gasteiger partial charge < -0.3 is 0 Å². The maximum Gasteiger partial charge on any atom is 0.181 e. The van der Waals surface area contributed by atoms with Gasteiger partial charge in [-0.05, 0) is 48.5 Å². The molecule has 0 fully saturated rings. The average molecular weight is 394 g/mol. The van der Waals surface area contributed by atoms with Crippen LogP contribution in [-0.4, -0.2) is 15.7 Å². The second-order valence-corrected chi connectivity index (χ2v) is 6.73. The Hall–Kier alpha value is -4.24. The molecular weight excluding hydrogens is 382 g/mol. The van der Waals surface area contributed by atoms with Crippen LogP contribution in [0, 0.1) is 18.2 Å². The van der Waals surface area contributed by atoms with Crippen molar-refractivity contribution in [3.05, 3.63) is 107 Å². The smallest absolute Gasteiger partial charge is 0.181 e. The first-order valence-electron chi connectivity index (χ1n) is 9.14. The monoisotopic (exact) mass is 394 g/mol. The van der Waals surface area contributed by atoms with Crippen molar-refractivity contribution in [2.75, 3.05) is 0 Å². The standard InChI is InChI=1S/C24H12F2N4/c1-27-30-23-19-5-3-2-4-18(19)22-24(23)29-21(15-8-12-17(26)13-9-15)20(28-22)14-6-10-16(25)11-7-14/h2-13H/b30-23-. The van der Waals surface area contributed by atoms with E-state index in [4.69, 9.17) is 16.5 Å². The van der Waals surface area contributed by atoms with Gasteiger partial charge >= 0.3 is 0 Å². The highest BCUT2D eigenvalue weighted by atomic mass is 19.1. The number of benzene rings is 3. The van der Waals surface area contributed by atoms with Crippen molar-refractivity contribution in [2.24, 2.45) is 5.10 Å². The third kappa shape index (κ3) is 2.85. The zero-order valence-corrected chi connectivity index (χ0v) is 15.5. The summed E-state index contributed by atoms with van der Waals surface area (Å²) in [6.07, 6.45) is 0. The largest absolute Gasteiger partial charge is 0.243 e. The Kier molecular flexibility index (Phi) is 4.15. The van der Waals surface area contributed by atoms with Gasteiger partial charge in [0.05, 0.1) is 22.2 Å². The molecule has 0 amide bonds. The lowest BCUT2D eigenvalue weighted by atomic mass is 10.0. The molecule has 1 heterocycles. The highest BCUT2D eigenvalue weighted by Gasteiger charge is 2.31. The minimum absolute atomic E-state index is 0.354. The summed E-state index contributed by atoms with van der Waals surface area (Å²) in [5.74, 6) is -0.716. The van der Waals surface area contributed by atoms with E-state index in [-0.39, 0.29) is 11.6 Å². The Morgan fingerprint density at radius 1 is 0.633 bits per heavy atom. The van der Waals surface area contributed by atoms with Gasteiger partial charge in [-0.25, -0.2) is 18.7 Å². The zero-order valence-electron chi connectivity index (χ0n) is 15.5. The highest BCUT2D eigenvalue weighted by molar-refractivity contribution is 6.23. The maximum atomic E-state index is 13.5. The molecule has 4 aromatic rings. The van der Waals surface area contributed by atoms with Crippen molar-refractivity contribution in [2.45, 2.75) is 0 Å². The Morgan fingerprint density at radius 2 is 1.13 bits per heavy atom. The molecular formula is C24H12F2N4. The molecule has 0 spiro atoms. The summed E-state index contributed by atoms with van der Waals surface area (Å²) in [6, 6.07) is 19.4. The van der Waals surface area contributed by atoms with Gasteiger partial charge in [-0.2, -0.15) is 6.57 Å². The van der Waals surface area contributed by atoms with E-state index in [1.165, 1.54) is 24.3 Å². The van der Waals surface area contributed by atoms with Gasteiger partial charge in [0.25, 0.3) is 0 Å². The molecule has 0 bridgehead atoms. The van der Waals surface area contributed by atoms with Crippen LogP contribution in [0.4, 0.5) is 8.78 Å². The summed E-state index contributed by atoms with van der Waals surface area (Å²) in [7, 11) is 0. The van der Waals surface area contributed by atoms with E-state index >= 15 is 0 Å². The number of hydrogen-bond donors (Lipinski definition) is 0. The summed E-state index contributed by atoms with van der Waals surface area (Å²) in [5, 5.41) is 3.97. The topological polar surface area (TPSA) is 42.5 Å². The Morgan fingerprint density at radius 3 is 1.67 bits per heavy atom. The average Bonchev–Trinajstić information content (AvgIpc) is 3.07. The highest BCUT2D eigenvalue weighted by Crippen LogP contribution is 2.39. The molecule has 0 unspecified atom stereocenters. The Labute approximate surface area is 171 Å². The molecule has 5 rings (SSSR count). The lowest BCUT2D eigenvalue weighted by Crippen LogP contribution is -2.04. The van der Waals surface area contributed by atoms with E-state index in [9.17, 15) is 8.78 Å². The molecule has 142 valence electrons. The van der Waals surface area contributed by atoms with Crippen LogP contribution in [0.15, 0.2) is 77.9 Å². The van der Waals surface area contributed by atoms with Crippen LogP contribution in [0.2, 0.25) is 0 Å². The van der Waals surface area contributed by atoms with Crippen LogP contribution in [0.25, 0.3) is 38.7 Å². The second-order valence-electron chi connectivity index (χ2n) is 6.73. The number of rotatable bonds is 2. The first-order chi connectivity index (χ1) is 14.7. The molecule has 1 aromatic heterocycles. The van der Waals surface area contributed by atoms with Gasteiger partial charge in [-0.1, -0.05) is 24.3 Å². The van der Waals surface area contributed by atoms with E-state index in [1.54, 1.807) is 24.3 Å². The van der Waals surface area contributed by atoms with E-state index in [0.717, 1.165) is 11.1 Å². The minimum Gasteiger partial charge on any atom is -0.243 e. The lowest BCUT2D eigenvalue weighted by Gasteiger charge is -2.11. The normalized spacial score (nSPS) is 13.0. The number of halogens is 2. The molecule has 30 heavy (non-hydrogen) atoms. The van der Waals surface area contributed by atoms with Crippen molar-refractivity contribution in [3.63, 3.8) is 0 Å². The number of nitrogens with zero attached hydrogens (tertiary/aromatic N) is 4. The number of fused-ring (bicyclic) bond motifs is 3. The quantitative estimate of drug-likeness (QED) is 0.283. The molecule has 0 saturated carbocycles. The van der Waals surface area contributed by atoms with Gasteiger partial charge in [-0.3, -0.25) is 0 Å². The molecule has 0 aliphatic heterocycles. The predicted molar refractivity (Wildman–Crippen MR) is 110 cm³/mol. The fourth-order valence-corrected chi connectivity index (χ4v) is 3.58. The van der Waals surface area contributed by atoms with Crippen LogP contribution in [0.3, 0.4) is 0 Å². The molecule has 6 heteroatoms. The summed E-state index contributed by atoms with van der Waals surface area (Å²) < 4.78 is 27.0. The summed E-state index contributed by atoms with van der Waals surface area (Å²) in [4.78, 5) is 12.9. The maximum absolute atomic E-state index is 13.5. The molecule has 3 aromatic carbocycles. The summed E-state index contributed by atoms with van der Waals surface area (Å²) in [6.45, 7) is 7.20. The van der Waals surface area contributed by atoms with Crippen molar-refractivity contribution in [1.29, 1.82) is 0 Å². The van der Waals surface area contributed by atoms with Crippen LogP contribution in [0.5, 0.6) is 0 Å². The first kappa shape index (κ1) is 17.8. The van der Waals surface area contributed by atoms with Crippen LogP contribution < -0.4 is 0 Å². The Bertz CT molecular complexity index is 1350. The zero-order chi connectivity index (χ0) is 20.7. The van der Waals surface area contributed by atoms with Crippen LogP contribution >= 0.6 is 0 Å². The summed E-state index contributed by atoms with van der Waals surface area (Å²) in [5.41, 5.74) is 5.56. The van der Waals surface area contributed by atoms with E-state index in [2.05, 4.69) is 10.1 Å². The predicted octanol–water partition coefficient (Wildman–Crippen LogP) is 5.74. The van der Waals surface area contributed by atoms with Crippen LogP contribution in [0.1, 0.15) is 11.3 Å². The first-order valence-corrected chi connectivity index (χ1v) is 9.14. The minimum atomic E-state index is -0.362. The van der Waals surface area contributed by atoms with Gasteiger partial charge in [-0.15, -0.1) is 4.95 Å². The molecule has 0 radical (unpaired) electrons. The SMILES string of the molecule is [C-]#[N+]/N=C1/c2ccccc2-c2nc(-c3ccc(F)cc3)c(-c3ccc(F)cc3)nc21. The number of hydrogen-bond acceptors (Lipinski definition) is 3. The van der Waals surface area contributed by atoms with Crippen LogP contribution in [-0.2, 0) is 0 Å². The van der Waals surface area contributed by atoms with E-state index in [0.29, 0.717) is 39.6 Å². The molecule has 4 nitrogen and oxygen atoms in total. The molecule has 0 N–H and O–H groups in total. The fraction of sp³-hybridized carbons (Fsp3) is 0. The van der Waals surface area contributed by atoms with Gasteiger partial charge in [0.2, 0.25) is 0 Å². The second kappa shape index (κ2) is 6.98.